The van der Waals surface area contributed by atoms with Gasteiger partial charge in [-0.05, 0) is 11.5 Å². The first kappa shape index (κ1) is 14.9. The number of nitro groups is 1. The van der Waals surface area contributed by atoms with Gasteiger partial charge in [-0.15, -0.1) is 0 Å². The Labute approximate surface area is 127 Å². The van der Waals surface area contributed by atoms with E-state index in [1.807, 2.05) is 0 Å². The largest absolute Gasteiger partial charge is 0.469 e. The van der Waals surface area contributed by atoms with Crippen molar-refractivity contribution in [3.05, 3.63) is 39.9 Å². The number of hydrogen-bond donors (Lipinski definition) is 0. The lowest BCUT2D eigenvalue weighted by Crippen LogP contribution is -2.48. The summed E-state index contributed by atoms with van der Waals surface area (Å²) in [6.07, 6.45) is 1.19. The van der Waals surface area contributed by atoms with E-state index in [1.165, 1.54) is 19.2 Å². The highest BCUT2D eigenvalue weighted by Gasteiger charge is 2.53. The summed E-state index contributed by atoms with van der Waals surface area (Å²) in [6, 6.07) is 6.14. The average molecular weight is 307 g/mol. The highest BCUT2D eigenvalue weighted by molar-refractivity contribution is 5.79. The third kappa shape index (κ3) is 2.57. The van der Waals surface area contributed by atoms with Crippen LogP contribution in [0.3, 0.4) is 0 Å². The Morgan fingerprint density at radius 1 is 1.41 bits per heavy atom. The lowest BCUT2D eigenvalue weighted by Gasteiger charge is -2.45. The van der Waals surface area contributed by atoms with Crippen LogP contribution in [0.2, 0.25) is 0 Å². The minimum atomic E-state index is -0.572. The van der Waals surface area contributed by atoms with Gasteiger partial charge in [0.1, 0.15) is 0 Å². The fourth-order valence-corrected chi connectivity index (χ4v) is 3.27. The summed E-state index contributed by atoms with van der Waals surface area (Å²) in [6.45, 7) is 1.12. The van der Waals surface area contributed by atoms with Gasteiger partial charge in [-0.3, -0.25) is 14.9 Å². The summed E-state index contributed by atoms with van der Waals surface area (Å²) >= 11 is 0. The third-order valence-corrected chi connectivity index (χ3v) is 4.33. The molecule has 7 heteroatoms. The second-order valence-electron chi connectivity index (χ2n) is 5.63. The molecule has 7 nitrogen and oxygen atoms in total. The van der Waals surface area contributed by atoms with Gasteiger partial charge in [0.2, 0.25) is 0 Å². The van der Waals surface area contributed by atoms with Gasteiger partial charge < -0.3 is 14.2 Å². The monoisotopic (exact) mass is 307 g/mol. The van der Waals surface area contributed by atoms with Gasteiger partial charge in [-0.1, -0.05) is 12.1 Å². The zero-order valence-corrected chi connectivity index (χ0v) is 12.2. The molecule has 1 spiro atoms. The molecule has 2 aliphatic rings. The van der Waals surface area contributed by atoms with E-state index in [4.69, 9.17) is 14.2 Å². The van der Waals surface area contributed by atoms with Gasteiger partial charge in [-0.2, -0.15) is 0 Å². The van der Waals surface area contributed by atoms with Crippen LogP contribution in [0.5, 0.6) is 0 Å². The summed E-state index contributed by atoms with van der Waals surface area (Å²) in [7, 11) is 1.32. The van der Waals surface area contributed by atoms with Crippen LogP contribution in [-0.4, -0.2) is 37.0 Å². The van der Waals surface area contributed by atoms with Crippen LogP contribution in [0.25, 0.3) is 0 Å². The Morgan fingerprint density at radius 3 is 2.68 bits per heavy atom. The number of carbonyl (C=O) groups excluding carboxylic acids is 1. The number of methoxy groups -OCH3 is 1. The fourth-order valence-electron chi connectivity index (χ4n) is 3.27. The second kappa shape index (κ2) is 5.66. The third-order valence-electron chi connectivity index (χ3n) is 4.33. The predicted molar refractivity (Wildman–Crippen MR) is 75.2 cm³/mol. The van der Waals surface area contributed by atoms with Crippen LogP contribution < -0.4 is 0 Å². The molecule has 1 aliphatic heterocycles. The summed E-state index contributed by atoms with van der Waals surface area (Å²) in [5, 5.41) is 10.9. The topological polar surface area (TPSA) is 87.9 Å². The van der Waals surface area contributed by atoms with E-state index in [2.05, 4.69) is 0 Å². The van der Waals surface area contributed by atoms with Crippen molar-refractivity contribution in [2.45, 2.75) is 24.5 Å². The van der Waals surface area contributed by atoms with Crippen LogP contribution in [-0.2, 0) is 19.0 Å². The molecular weight excluding hydrogens is 290 g/mol. The maximum Gasteiger partial charge on any atom is 0.313 e. The highest BCUT2D eigenvalue weighted by atomic mass is 16.7. The number of carbonyl (C=O) groups is 1. The molecule has 2 fully saturated rings. The fraction of sp³-hybridized carbons (Fsp3) is 0.533. The maximum atomic E-state index is 12.2. The molecule has 118 valence electrons. The molecule has 1 atom stereocenters. The van der Waals surface area contributed by atoms with E-state index in [1.54, 1.807) is 12.1 Å². The molecule has 1 aromatic rings. The maximum absolute atomic E-state index is 12.2. The number of ether oxygens (including phenoxy) is 3. The zero-order valence-electron chi connectivity index (χ0n) is 12.2. The Morgan fingerprint density at radius 2 is 2.09 bits per heavy atom. The van der Waals surface area contributed by atoms with Gasteiger partial charge in [0.25, 0.3) is 5.69 Å². The minimum Gasteiger partial charge on any atom is -0.469 e. The molecule has 0 bridgehead atoms. The van der Waals surface area contributed by atoms with Gasteiger partial charge in [0.15, 0.2) is 5.79 Å². The number of rotatable bonds is 4. The van der Waals surface area contributed by atoms with E-state index >= 15 is 0 Å². The standard InChI is InChI=1S/C15H17NO6/c1-20-14(17)13(10-3-2-4-12(7-10)16(18)19)11-8-15(9-11)21-5-6-22-15/h2-4,7,11,13H,5-6,8-9H2,1H3. The van der Waals surface area contributed by atoms with Crippen molar-refractivity contribution in [3.8, 4) is 0 Å². The van der Waals surface area contributed by atoms with Crippen molar-refractivity contribution in [2.75, 3.05) is 20.3 Å². The number of non-ortho nitro benzene ring substituents is 1. The van der Waals surface area contributed by atoms with E-state index in [9.17, 15) is 14.9 Å². The molecule has 22 heavy (non-hydrogen) atoms. The van der Waals surface area contributed by atoms with Gasteiger partial charge in [0, 0.05) is 25.0 Å². The minimum absolute atomic E-state index is 0.00689. The lowest BCUT2D eigenvalue weighted by molar-refractivity contribution is -0.384. The summed E-state index contributed by atoms with van der Waals surface area (Å²) < 4.78 is 16.1. The van der Waals surface area contributed by atoms with E-state index < -0.39 is 22.6 Å². The van der Waals surface area contributed by atoms with Gasteiger partial charge >= 0.3 is 5.97 Å². The summed E-state index contributed by atoms with van der Waals surface area (Å²) in [5.74, 6) is -1.51. The first-order valence-corrected chi connectivity index (χ1v) is 7.15. The number of esters is 1. The first-order chi connectivity index (χ1) is 10.5. The number of nitrogens with zero attached hydrogens (tertiary/aromatic N) is 1. The van der Waals surface area contributed by atoms with E-state index in [-0.39, 0.29) is 11.6 Å². The lowest BCUT2D eigenvalue weighted by atomic mass is 9.69. The van der Waals surface area contributed by atoms with Crippen molar-refractivity contribution >= 4 is 11.7 Å². The zero-order chi connectivity index (χ0) is 15.7. The molecule has 3 rings (SSSR count). The Bertz CT molecular complexity index is 587. The molecular formula is C15H17NO6. The molecule has 1 saturated heterocycles. The molecule has 1 aromatic carbocycles. The molecule has 0 N–H and O–H groups in total. The smallest absolute Gasteiger partial charge is 0.313 e. The Balaban J connectivity index is 1.83. The van der Waals surface area contributed by atoms with Crippen molar-refractivity contribution in [1.29, 1.82) is 0 Å². The SMILES string of the molecule is COC(=O)C(c1cccc([N+](=O)[O-])c1)C1CC2(C1)OCCO2. The predicted octanol–water partition coefficient (Wildman–Crippen LogP) is 2.00. The highest BCUT2D eigenvalue weighted by Crippen LogP contribution is 2.50. The molecule has 1 unspecified atom stereocenters. The molecule has 0 amide bonds. The molecule has 1 saturated carbocycles. The molecule has 0 radical (unpaired) electrons. The van der Waals surface area contributed by atoms with Crippen molar-refractivity contribution in [1.82, 2.24) is 0 Å². The van der Waals surface area contributed by atoms with Crippen molar-refractivity contribution in [2.24, 2.45) is 5.92 Å². The number of hydrogen-bond acceptors (Lipinski definition) is 6. The quantitative estimate of drug-likeness (QED) is 0.480. The van der Waals surface area contributed by atoms with Gasteiger partial charge in [0.05, 0.1) is 31.2 Å². The normalized spacial score (nSPS) is 21.3. The van der Waals surface area contributed by atoms with Crippen LogP contribution in [0.1, 0.15) is 24.3 Å². The molecule has 1 heterocycles. The Kier molecular flexibility index (Phi) is 3.84. The van der Waals surface area contributed by atoms with E-state index in [0.29, 0.717) is 31.6 Å². The summed E-state index contributed by atoms with van der Waals surface area (Å²) in [5.41, 5.74) is 0.563. The van der Waals surface area contributed by atoms with Crippen molar-refractivity contribution in [3.63, 3.8) is 0 Å². The van der Waals surface area contributed by atoms with Crippen LogP contribution in [0.15, 0.2) is 24.3 Å². The van der Waals surface area contributed by atoms with Crippen LogP contribution >= 0.6 is 0 Å². The van der Waals surface area contributed by atoms with Crippen molar-refractivity contribution < 1.29 is 23.9 Å². The molecule has 0 aromatic heterocycles. The number of benzene rings is 1. The summed E-state index contributed by atoms with van der Waals surface area (Å²) in [4.78, 5) is 22.6. The van der Waals surface area contributed by atoms with E-state index in [0.717, 1.165) is 0 Å². The Hall–Kier alpha value is -1.99. The average Bonchev–Trinajstić information content (AvgIpc) is 2.97. The number of nitro benzene ring substituents is 1. The van der Waals surface area contributed by atoms with Crippen LogP contribution in [0, 0.1) is 16.0 Å². The molecule has 1 aliphatic carbocycles. The second-order valence-corrected chi connectivity index (χ2v) is 5.63. The van der Waals surface area contributed by atoms with Crippen LogP contribution in [0.4, 0.5) is 5.69 Å². The first-order valence-electron chi connectivity index (χ1n) is 7.15. The van der Waals surface area contributed by atoms with Gasteiger partial charge in [-0.25, -0.2) is 0 Å².